The predicted octanol–water partition coefficient (Wildman–Crippen LogP) is 1.99. The van der Waals surface area contributed by atoms with Crippen LogP contribution in [0.5, 0.6) is 6.01 Å². The molecule has 146 valence electrons. The highest BCUT2D eigenvalue weighted by molar-refractivity contribution is 9.09. The zero-order valence-electron chi connectivity index (χ0n) is 14.9. The molecule has 0 radical (unpaired) electrons. The summed E-state index contributed by atoms with van der Waals surface area (Å²) in [4.78, 5) is 23.9. The Bertz CT molecular complexity index is 728. The van der Waals surface area contributed by atoms with E-state index in [9.17, 15) is 9.90 Å². The lowest BCUT2D eigenvalue weighted by Gasteiger charge is -2.09. The summed E-state index contributed by atoms with van der Waals surface area (Å²) < 4.78 is 0. The van der Waals surface area contributed by atoms with Gasteiger partial charge in [-0.25, -0.2) is 0 Å². The fourth-order valence-corrected chi connectivity index (χ4v) is 2.45. The van der Waals surface area contributed by atoms with Crippen LogP contribution in [0.1, 0.15) is 29.6 Å². The van der Waals surface area contributed by atoms with Crippen LogP contribution in [-0.2, 0) is 0 Å². The van der Waals surface area contributed by atoms with Crippen LogP contribution in [-0.4, -0.2) is 50.9 Å². The third kappa shape index (κ3) is 7.35. The Hall–Kier alpha value is -2.46. The van der Waals surface area contributed by atoms with E-state index in [0.29, 0.717) is 36.8 Å². The fraction of sp³-hybridized carbons (Fsp3) is 0.412. The number of nitrogens with one attached hydrogen (secondary N) is 3. The van der Waals surface area contributed by atoms with Crippen molar-refractivity contribution in [3.05, 3.63) is 29.8 Å². The van der Waals surface area contributed by atoms with Gasteiger partial charge in [-0.15, -0.1) is 0 Å². The van der Waals surface area contributed by atoms with E-state index in [4.69, 9.17) is 5.73 Å². The molecule has 1 aromatic carbocycles. The highest BCUT2D eigenvalue weighted by atomic mass is 79.9. The number of rotatable bonds is 11. The van der Waals surface area contributed by atoms with E-state index in [1.165, 1.54) is 0 Å². The molecule has 0 spiro atoms. The molecule has 2 rings (SSSR count). The standard InChI is InChI=1S/C17H24BrN7O2/c18-8-3-11-21-15-23-16(25-17(27)24-15)22-13-6-4-12(5-7-13)14(26)20-10-2-1-9-19/h4-7H,1-3,8-11,19H2,(H,20,26)(H3,21,22,23,24,25,27). The highest BCUT2D eigenvalue weighted by Gasteiger charge is 2.08. The van der Waals surface area contributed by atoms with Crippen LogP contribution < -0.4 is 21.7 Å². The third-order valence-corrected chi connectivity index (χ3v) is 4.10. The van der Waals surface area contributed by atoms with E-state index in [1.54, 1.807) is 24.3 Å². The van der Waals surface area contributed by atoms with Crippen molar-refractivity contribution >= 4 is 39.4 Å². The number of benzene rings is 1. The van der Waals surface area contributed by atoms with Gasteiger partial charge in [0, 0.05) is 29.7 Å². The minimum atomic E-state index is -0.373. The van der Waals surface area contributed by atoms with Crippen LogP contribution in [0.2, 0.25) is 0 Å². The molecule has 0 atom stereocenters. The van der Waals surface area contributed by atoms with Crippen molar-refractivity contribution < 1.29 is 9.90 Å². The van der Waals surface area contributed by atoms with Gasteiger partial charge in [-0.3, -0.25) is 4.79 Å². The van der Waals surface area contributed by atoms with Crippen molar-refractivity contribution in [3.63, 3.8) is 0 Å². The van der Waals surface area contributed by atoms with Crippen LogP contribution in [0.25, 0.3) is 0 Å². The molecule has 9 nitrogen and oxygen atoms in total. The Labute approximate surface area is 166 Å². The fourth-order valence-electron chi connectivity index (χ4n) is 2.17. The average molecular weight is 438 g/mol. The first kappa shape index (κ1) is 20.8. The topological polar surface area (TPSA) is 138 Å². The van der Waals surface area contributed by atoms with Crippen molar-refractivity contribution in [3.8, 4) is 6.01 Å². The summed E-state index contributed by atoms with van der Waals surface area (Å²) in [7, 11) is 0. The molecule has 0 bridgehead atoms. The van der Waals surface area contributed by atoms with Crippen LogP contribution >= 0.6 is 15.9 Å². The average Bonchev–Trinajstić information content (AvgIpc) is 2.65. The number of carbonyl (C=O) groups excluding carboxylic acids is 1. The molecule has 1 aromatic heterocycles. The summed E-state index contributed by atoms with van der Waals surface area (Å²) in [6.07, 6.45) is 2.64. The largest absolute Gasteiger partial charge is 0.479 e. The van der Waals surface area contributed by atoms with Gasteiger partial charge in [0.15, 0.2) is 0 Å². The van der Waals surface area contributed by atoms with E-state index in [1.807, 2.05) is 0 Å². The summed E-state index contributed by atoms with van der Waals surface area (Å²) in [6, 6.07) is 6.52. The molecule has 0 unspecified atom stereocenters. The van der Waals surface area contributed by atoms with Gasteiger partial charge in [0.05, 0.1) is 0 Å². The zero-order valence-corrected chi connectivity index (χ0v) is 16.5. The summed E-state index contributed by atoms with van der Waals surface area (Å²) in [5, 5.41) is 19.4. The molecule has 0 aliphatic rings. The van der Waals surface area contributed by atoms with Gasteiger partial charge in [-0.1, -0.05) is 15.9 Å². The van der Waals surface area contributed by atoms with Gasteiger partial charge in [-0.05, 0) is 50.1 Å². The van der Waals surface area contributed by atoms with Gasteiger partial charge in [0.25, 0.3) is 5.91 Å². The first-order valence-electron chi connectivity index (χ1n) is 8.72. The number of unbranched alkanes of at least 4 members (excludes halogenated alkanes) is 1. The van der Waals surface area contributed by atoms with E-state index in [2.05, 4.69) is 46.8 Å². The Morgan fingerprint density at radius 1 is 1.04 bits per heavy atom. The van der Waals surface area contributed by atoms with E-state index < -0.39 is 0 Å². The van der Waals surface area contributed by atoms with Crippen molar-refractivity contribution in [1.29, 1.82) is 0 Å². The first-order chi connectivity index (χ1) is 13.1. The molecule has 0 fully saturated rings. The lowest BCUT2D eigenvalue weighted by molar-refractivity contribution is 0.0953. The van der Waals surface area contributed by atoms with Crippen molar-refractivity contribution in [2.45, 2.75) is 19.3 Å². The minimum absolute atomic E-state index is 0.130. The highest BCUT2D eigenvalue weighted by Crippen LogP contribution is 2.17. The zero-order chi connectivity index (χ0) is 19.5. The number of halogens is 1. The van der Waals surface area contributed by atoms with Crippen LogP contribution in [0.3, 0.4) is 0 Å². The number of hydrogen-bond donors (Lipinski definition) is 5. The number of anilines is 3. The lowest BCUT2D eigenvalue weighted by Crippen LogP contribution is -2.24. The molecule has 1 heterocycles. The van der Waals surface area contributed by atoms with Gasteiger partial charge in [0.2, 0.25) is 11.9 Å². The summed E-state index contributed by atoms with van der Waals surface area (Å²) in [6.45, 7) is 1.89. The molecule has 0 saturated heterocycles. The quantitative estimate of drug-likeness (QED) is 0.265. The Morgan fingerprint density at radius 2 is 1.78 bits per heavy atom. The maximum atomic E-state index is 12.1. The molecule has 10 heteroatoms. The molecule has 0 saturated carbocycles. The van der Waals surface area contributed by atoms with Crippen molar-refractivity contribution in [2.75, 3.05) is 35.6 Å². The van der Waals surface area contributed by atoms with Crippen LogP contribution in [0, 0.1) is 0 Å². The minimum Gasteiger partial charge on any atom is -0.479 e. The molecule has 0 aliphatic heterocycles. The molecule has 27 heavy (non-hydrogen) atoms. The Balaban J connectivity index is 1.94. The number of carbonyl (C=O) groups is 1. The number of amides is 1. The maximum absolute atomic E-state index is 12.1. The number of alkyl halides is 1. The number of hydrogen-bond acceptors (Lipinski definition) is 8. The SMILES string of the molecule is NCCCCNC(=O)c1ccc(Nc2nc(O)nc(NCCCBr)n2)cc1. The Morgan fingerprint density at radius 3 is 2.48 bits per heavy atom. The van der Waals surface area contributed by atoms with Crippen molar-refractivity contribution in [1.82, 2.24) is 20.3 Å². The molecule has 2 aromatic rings. The molecular weight excluding hydrogens is 414 g/mol. The van der Waals surface area contributed by atoms with Gasteiger partial charge in [-0.2, -0.15) is 15.0 Å². The first-order valence-corrected chi connectivity index (χ1v) is 9.84. The lowest BCUT2D eigenvalue weighted by atomic mass is 10.2. The maximum Gasteiger partial charge on any atom is 0.320 e. The number of aromatic nitrogens is 3. The predicted molar refractivity (Wildman–Crippen MR) is 109 cm³/mol. The summed E-state index contributed by atoms with van der Waals surface area (Å²) >= 11 is 3.34. The molecule has 0 aliphatic carbocycles. The van der Waals surface area contributed by atoms with Gasteiger partial charge >= 0.3 is 6.01 Å². The van der Waals surface area contributed by atoms with E-state index >= 15 is 0 Å². The molecular formula is C17H24BrN7O2. The smallest absolute Gasteiger partial charge is 0.320 e. The number of nitrogens with zero attached hydrogens (tertiary/aromatic N) is 3. The number of aromatic hydroxyl groups is 1. The summed E-state index contributed by atoms with van der Waals surface area (Å²) in [5.74, 6) is 0.372. The van der Waals surface area contributed by atoms with Crippen molar-refractivity contribution in [2.24, 2.45) is 5.73 Å². The van der Waals surface area contributed by atoms with Crippen LogP contribution in [0.15, 0.2) is 24.3 Å². The van der Waals surface area contributed by atoms with Crippen LogP contribution in [0.4, 0.5) is 17.6 Å². The second kappa shape index (κ2) is 11.3. The monoisotopic (exact) mass is 437 g/mol. The van der Waals surface area contributed by atoms with Gasteiger partial charge in [0.1, 0.15) is 0 Å². The normalized spacial score (nSPS) is 10.4. The molecule has 1 amide bonds. The molecule has 6 N–H and O–H groups in total. The number of nitrogens with two attached hydrogens (primary N) is 1. The van der Waals surface area contributed by atoms with Gasteiger partial charge < -0.3 is 26.8 Å². The van der Waals surface area contributed by atoms with E-state index in [0.717, 1.165) is 24.6 Å². The van der Waals surface area contributed by atoms with E-state index in [-0.39, 0.29) is 17.9 Å². The second-order valence-corrected chi connectivity index (χ2v) is 6.50. The third-order valence-electron chi connectivity index (χ3n) is 3.54. The Kier molecular flexibility index (Phi) is 8.72. The second-order valence-electron chi connectivity index (χ2n) is 5.71. The summed E-state index contributed by atoms with van der Waals surface area (Å²) in [5.41, 5.74) is 6.68.